The number of hydrogen-bond acceptors (Lipinski definition) is 9. The molecule has 1 aromatic heterocycles. The molecule has 9 nitrogen and oxygen atoms in total. The lowest BCUT2D eigenvalue weighted by molar-refractivity contribution is -0.149. The summed E-state index contributed by atoms with van der Waals surface area (Å²) in [4.78, 5) is 20.2. The van der Waals surface area contributed by atoms with E-state index in [-0.39, 0.29) is 31.0 Å². The Balaban J connectivity index is 1.39. The van der Waals surface area contributed by atoms with Crippen molar-refractivity contribution in [3.05, 3.63) is 36.5 Å². The molecule has 154 valence electrons. The normalized spacial score (nSPS) is 25.4. The van der Waals surface area contributed by atoms with Gasteiger partial charge in [-0.3, -0.25) is 0 Å². The van der Waals surface area contributed by atoms with E-state index < -0.39 is 5.97 Å². The smallest absolute Gasteiger partial charge is 0.331 e. The molecule has 2 aliphatic rings. The number of carbonyl (C=O) groups excluding carboxylic acids is 1. The molecule has 9 heteroatoms. The Kier molecular flexibility index (Phi) is 5.89. The molecule has 1 aromatic carbocycles. The minimum absolute atomic E-state index is 0.113. The topological polar surface area (TPSA) is 101 Å². The molecule has 4 rings (SSSR count). The molecule has 0 aliphatic carbocycles. The first-order valence-electron chi connectivity index (χ1n) is 9.33. The number of ether oxygens (including phenoxy) is 5. The lowest BCUT2D eigenvalue weighted by atomic mass is 10.1. The van der Waals surface area contributed by atoms with Gasteiger partial charge < -0.3 is 29.0 Å². The van der Waals surface area contributed by atoms with Crippen LogP contribution in [-0.4, -0.2) is 74.3 Å². The third-order valence-electron chi connectivity index (χ3n) is 5.01. The number of nitrogens with zero attached hydrogens (tertiary/aromatic N) is 2. The number of esters is 1. The van der Waals surface area contributed by atoms with Crippen molar-refractivity contribution in [2.75, 3.05) is 39.4 Å². The van der Waals surface area contributed by atoms with E-state index >= 15 is 0 Å². The van der Waals surface area contributed by atoms with Crippen LogP contribution in [0, 0.1) is 0 Å². The zero-order valence-corrected chi connectivity index (χ0v) is 16.2. The van der Waals surface area contributed by atoms with Gasteiger partial charge >= 0.3 is 5.97 Å². The number of fused-ring (bicyclic) bond motifs is 1. The minimum Gasteiger partial charge on any atom is -0.497 e. The highest BCUT2D eigenvalue weighted by atomic mass is 16.6. The summed E-state index contributed by atoms with van der Waals surface area (Å²) in [6.07, 6.45) is 0.949. The standard InChI is InChI=1S/C20H23N3O6/c1-25-13-5-3-12(4-6-13)14-7-8-21-20(22-14)23-15-9-28-19-16(10-29-18(15)19)27-11-17(24)26-2/h3-8,15-16,18-19H,9-11H2,1-2H3,(H,21,22,23)/t15-,16+,18+,19+/m0/s1. The fraction of sp³-hybridized carbons (Fsp3) is 0.450. The largest absolute Gasteiger partial charge is 0.497 e. The van der Waals surface area contributed by atoms with E-state index in [9.17, 15) is 4.79 Å². The van der Waals surface area contributed by atoms with E-state index in [1.807, 2.05) is 30.3 Å². The highest BCUT2D eigenvalue weighted by molar-refractivity contribution is 5.70. The molecule has 3 heterocycles. The van der Waals surface area contributed by atoms with Crippen LogP contribution in [0.15, 0.2) is 36.5 Å². The molecule has 0 saturated carbocycles. The maximum absolute atomic E-state index is 11.3. The van der Waals surface area contributed by atoms with E-state index in [0.717, 1.165) is 17.0 Å². The second kappa shape index (κ2) is 8.73. The highest BCUT2D eigenvalue weighted by Gasteiger charge is 2.48. The van der Waals surface area contributed by atoms with Gasteiger partial charge in [0.2, 0.25) is 5.95 Å². The van der Waals surface area contributed by atoms with Gasteiger partial charge in [0.15, 0.2) is 0 Å². The van der Waals surface area contributed by atoms with E-state index in [1.54, 1.807) is 13.3 Å². The zero-order valence-electron chi connectivity index (χ0n) is 16.2. The average molecular weight is 401 g/mol. The molecule has 4 atom stereocenters. The van der Waals surface area contributed by atoms with Crippen LogP contribution in [-0.2, 0) is 23.7 Å². The average Bonchev–Trinajstić information content (AvgIpc) is 3.35. The van der Waals surface area contributed by atoms with Gasteiger partial charge in [-0.1, -0.05) is 0 Å². The summed E-state index contributed by atoms with van der Waals surface area (Å²) in [5, 5.41) is 3.30. The maximum Gasteiger partial charge on any atom is 0.331 e. The summed E-state index contributed by atoms with van der Waals surface area (Å²) in [7, 11) is 2.96. The summed E-state index contributed by atoms with van der Waals surface area (Å²) < 4.78 is 27.1. The van der Waals surface area contributed by atoms with Crippen LogP contribution >= 0.6 is 0 Å². The van der Waals surface area contributed by atoms with Gasteiger partial charge in [-0.15, -0.1) is 0 Å². The molecule has 0 unspecified atom stereocenters. The Morgan fingerprint density at radius 3 is 2.69 bits per heavy atom. The van der Waals surface area contributed by atoms with Crippen molar-refractivity contribution in [3.8, 4) is 17.0 Å². The number of benzene rings is 1. The van der Waals surface area contributed by atoms with Crippen LogP contribution < -0.4 is 10.1 Å². The Hall–Kier alpha value is -2.75. The first-order chi connectivity index (χ1) is 14.2. The fourth-order valence-electron chi connectivity index (χ4n) is 3.48. The quantitative estimate of drug-likeness (QED) is 0.688. The molecular weight excluding hydrogens is 378 g/mol. The Bertz CT molecular complexity index is 846. The van der Waals surface area contributed by atoms with Gasteiger partial charge in [-0.2, -0.15) is 0 Å². The van der Waals surface area contributed by atoms with Gasteiger partial charge in [0, 0.05) is 11.8 Å². The molecular formula is C20H23N3O6. The fourth-order valence-corrected chi connectivity index (χ4v) is 3.48. The molecule has 2 saturated heterocycles. The van der Waals surface area contributed by atoms with Gasteiger partial charge in [0.05, 0.1) is 39.2 Å². The highest BCUT2D eigenvalue weighted by Crippen LogP contribution is 2.30. The predicted octanol–water partition coefficient (Wildman–Crippen LogP) is 1.29. The van der Waals surface area contributed by atoms with Crippen LogP contribution in [0.25, 0.3) is 11.3 Å². The Labute approximate surface area is 168 Å². The molecule has 0 amide bonds. The number of carbonyl (C=O) groups is 1. The number of aromatic nitrogens is 2. The summed E-state index contributed by atoms with van der Waals surface area (Å²) in [6.45, 7) is 0.670. The molecule has 0 spiro atoms. The predicted molar refractivity (Wildman–Crippen MR) is 103 cm³/mol. The molecule has 29 heavy (non-hydrogen) atoms. The van der Waals surface area contributed by atoms with E-state index in [4.69, 9.17) is 18.9 Å². The van der Waals surface area contributed by atoms with Crippen LogP contribution in [0.3, 0.4) is 0 Å². The van der Waals surface area contributed by atoms with Crippen molar-refractivity contribution < 1.29 is 28.5 Å². The summed E-state index contributed by atoms with van der Waals surface area (Å²) in [6, 6.07) is 9.41. The number of rotatable bonds is 7. The van der Waals surface area contributed by atoms with Crippen molar-refractivity contribution in [2.45, 2.75) is 24.4 Å². The van der Waals surface area contributed by atoms with E-state index in [0.29, 0.717) is 19.2 Å². The van der Waals surface area contributed by atoms with Crippen molar-refractivity contribution in [2.24, 2.45) is 0 Å². The van der Waals surface area contributed by atoms with Crippen LogP contribution in [0.1, 0.15) is 0 Å². The lowest BCUT2D eigenvalue weighted by Gasteiger charge is -2.18. The van der Waals surface area contributed by atoms with Gasteiger partial charge in [0.1, 0.15) is 30.7 Å². The molecule has 2 aliphatic heterocycles. The first kappa shape index (κ1) is 19.6. The molecule has 2 fully saturated rings. The van der Waals surface area contributed by atoms with Gasteiger partial charge in [0.25, 0.3) is 0 Å². The Morgan fingerprint density at radius 1 is 1.14 bits per heavy atom. The van der Waals surface area contributed by atoms with Gasteiger partial charge in [-0.25, -0.2) is 14.8 Å². The monoisotopic (exact) mass is 401 g/mol. The number of methoxy groups -OCH3 is 2. The van der Waals surface area contributed by atoms with Crippen LogP contribution in [0.4, 0.5) is 5.95 Å². The second-order valence-corrected chi connectivity index (χ2v) is 6.77. The molecule has 0 bridgehead atoms. The second-order valence-electron chi connectivity index (χ2n) is 6.77. The third-order valence-corrected chi connectivity index (χ3v) is 5.01. The van der Waals surface area contributed by atoms with Crippen molar-refractivity contribution in [1.82, 2.24) is 9.97 Å². The van der Waals surface area contributed by atoms with E-state index in [2.05, 4.69) is 20.0 Å². The number of hydrogen-bond donors (Lipinski definition) is 1. The number of nitrogens with one attached hydrogen (secondary N) is 1. The minimum atomic E-state index is -0.426. The van der Waals surface area contributed by atoms with E-state index in [1.165, 1.54) is 7.11 Å². The summed E-state index contributed by atoms with van der Waals surface area (Å²) >= 11 is 0. The molecule has 0 radical (unpaired) electrons. The molecule has 1 N–H and O–H groups in total. The third kappa shape index (κ3) is 4.31. The Morgan fingerprint density at radius 2 is 1.93 bits per heavy atom. The summed E-state index contributed by atoms with van der Waals surface area (Å²) in [5.41, 5.74) is 1.76. The maximum atomic E-state index is 11.3. The SMILES string of the molecule is COC(=O)CO[C@@H]1CO[C@H]2[C@@H]1OC[C@@H]2Nc1nccc(-c2ccc(OC)cc2)n1. The van der Waals surface area contributed by atoms with Crippen molar-refractivity contribution in [3.63, 3.8) is 0 Å². The van der Waals surface area contributed by atoms with Crippen molar-refractivity contribution >= 4 is 11.9 Å². The lowest BCUT2D eigenvalue weighted by Crippen LogP contribution is -2.37. The molecule has 2 aromatic rings. The zero-order chi connectivity index (χ0) is 20.2. The van der Waals surface area contributed by atoms with Gasteiger partial charge in [-0.05, 0) is 30.3 Å². The first-order valence-corrected chi connectivity index (χ1v) is 9.33. The number of anilines is 1. The van der Waals surface area contributed by atoms with Crippen molar-refractivity contribution in [1.29, 1.82) is 0 Å². The summed E-state index contributed by atoms with van der Waals surface area (Å²) in [5.74, 6) is 0.859. The van der Waals surface area contributed by atoms with Crippen LogP contribution in [0.2, 0.25) is 0 Å². The van der Waals surface area contributed by atoms with Crippen LogP contribution in [0.5, 0.6) is 5.75 Å².